The van der Waals surface area contributed by atoms with Crippen LogP contribution in [0.4, 0.5) is 5.95 Å². The van der Waals surface area contributed by atoms with Crippen LogP contribution in [0.5, 0.6) is 0 Å². The van der Waals surface area contributed by atoms with Gasteiger partial charge in [-0.1, -0.05) is 37.6 Å². The van der Waals surface area contributed by atoms with E-state index in [-0.39, 0.29) is 17.2 Å². The summed E-state index contributed by atoms with van der Waals surface area (Å²) in [5, 5.41) is 7.99. The topological polar surface area (TPSA) is 59.8 Å². The number of carbonyl (C=O) groups is 1. The van der Waals surface area contributed by atoms with E-state index in [0.29, 0.717) is 12.2 Å². The lowest BCUT2D eigenvalue weighted by atomic mass is 9.72. The lowest BCUT2D eigenvalue weighted by Crippen LogP contribution is -2.36. The molecule has 1 aromatic heterocycles. The van der Waals surface area contributed by atoms with E-state index in [1.165, 1.54) is 11.1 Å². The highest BCUT2D eigenvalue weighted by Gasteiger charge is 2.42. The molecule has 25 heavy (non-hydrogen) atoms. The predicted molar refractivity (Wildman–Crippen MR) is 97.5 cm³/mol. The van der Waals surface area contributed by atoms with Crippen molar-refractivity contribution >= 4 is 11.7 Å². The highest BCUT2D eigenvalue weighted by molar-refractivity contribution is 6.00. The Morgan fingerprint density at radius 3 is 2.72 bits per heavy atom. The van der Waals surface area contributed by atoms with Gasteiger partial charge in [0.15, 0.2) is 5.78 Å². The van der Waals surface area contributed by atoms with Crippen molar-refractivity contribution in [3.63, 3.8) is 0 Å². The summed E-state index contributed by atoms with van der Waals surface area (Å²) in [4.78, 5) is 17.6. The Labute approximate surface area is 148 Å². The average molecular weight is 336 g/mol. The maximum Gasteiger partial charge on any atom is 0.226 e. The summed E-state index contributed by atoms with van der Waals surface area (Å²) >= 11 is 0. The van der Waals surface area contributed by atoms with E-state index in [2.05, 4.69) is 61.3 Å². The number of carbonyl (C=O) groups excluding carboxylic acids is 1. The first kappa shape index (κ1) is 16.1. The van der Waals surface area contributed by atoms with Crippen molar-refractivity contribution in [2.24, 2.45) is 5.41 Å². The fraction of sp³-hybridized carbons (Fsp3) is 0.450. The van der Waals surface area contributed by atoms with Gasteiger partial charge in [-0.2, -0.15) is 10.1 Å². The largest absolute Gasteiger partial charge is 0.328 e. The van der Waals surface area contributed by atoms with Gasteiger partial charge >= 0.3 is 0 Å². The quantitative estimate of drug-likeness (QED) is 0.859. The van der Waals surface area contributed by atoms with Crippen LogP contribution in [0.25, 0.3) is 0 Å². The van der Waals surface area contributed by atoms with E-state index in [1.54, 1.807) is 0 Å². The molecule has 2 aliphatic rings. The van der Waals surface area contributed by atoms with E-state index < -0.39 is 0 Å². The molecule has 4 rings (SSSR count). The second kappa shape index (κ2) is 5.28. The zero-order valence-electron chi connectivity index (χ0n) is 15.5. The Bertz CT molecular complexity index is 920. The first-order valence-corrected chi connectivity index (χ1v) is 8.79. The Morgan fingerprint density at radius 2 is 1.96 bits per heavy atom. The van der Waals surface area contributed by atoms with E-state index >= 15 is 0 Å². The third kappa shape index (κ3) is 2.58. The molecule has 0 fully saturated rings. The number of fused-ring (bicyclic) bond motifs is 1. The van der Waals surface area contributed by atoms with Crippen LogP contribution in [0.3, 0.4) is 0 Å². The number of Topliss-reactive ketones (excluding diaryl/α,β-unsaturated/α-hetero) is 1. The summed E-state index contributed by atoms with van der Waals surface area (Å²) in [6, 6.07) is 6.20. The van der Waals surface area contributed by atoms with Crippen LogP contribution in [0.2, 0.25) is 0 Å². The first-order chi connectivity index (χ1) is 11.7. The molecule has 5 heteroatoms. The van der Waals surface area contributed by atoms with Crippen molar-refractivity contribution in [3.05, 3.63) is 52.0 Å². The molecule has 1 atom stereocenters. The average Bonchev–Trinajstić information content (AvgIpc) is 2.86. The van der Waals surface area contributed by atoms with Gasteiger partial charge in [-0.15, -0.1) is 0 Å². The normalized spacial score (nSPS) is 21.6. The van der Waals surface area contributed by atoms with Gasteiger partial charge in [0.25, 0.3) is 0 Å². The molecule has 1 N–H and O–H groups in total. The van der Waals surface area contributed by atoms with E-state index in [1.807, 2.05) is 11.6 Å². The number of hydrogen-bond donors (Lipinski definition) is 1. The number of anilines is 1. The van der Waals surface area contributed by atoms with Gasteiger partial charge < -0.3 is 5.32 Å². The standard InChI is InChI=1S/C20H24N4O/c1-11-6-7-12(2)14(8-11)18-17-15(9-20(4,5)10-16(17)25)22-19-21-13(3)23-24(18)19/h6-8,18H,9-10H2,1-5H3,(H,21,22,23). The molecule has 1 unspecified atom stereocenters. The number of ketones is 1. The maximum atomic E-state index is 13.1. The zero-order valence-corrected chi connectivity index (χ0v) is 15.5. The Balaban J connectivity index is 1.97. The van der Waals surface area contributed by atoms with Crippen LogP contribution in [-0.2, 0) is 4.79 Å². The number of aryl methyl sites for hydroxylation is 3. The number of nitrogens with zero attached hydrogens (tertiary/aromatic N) is 3. The summed E-state index contributed by atoms with van der Waals surface area (Å²) in [7, 11) is 0. The Morgan fingerprint density at radius 1 is 1.20 bits per heavy atom. The van der Waals surface area contributed by atoms with E-state index in [0.717, 1.165) is 29.2 Å². The van der Waals surface area contributed by atoms with Crippen molar-refractivity contribution in [2.75, 3.05) is 5.32 Å². The Hall–Kier alpha value is -2.43. The molecule has 0 spiro atoms. The summed E-state index contributed by atoms with van der Waals surface area (Å²) in [6.45, 7) is 10.4. The van der Waals surface area contributed by atoms with Gasteiger partial charge in [0.05, 0.1) is 0 Å². The SMILES string of the molecule is Cc1ccc(C)c(C2C3=C(CC(C)(C)CC3=O)Nc3nc(C)nn32)c1. The fourth-order valence-electron chi connectivity index (χ4n) is 4.06. The van der Waals surface area contributed by atoms with Gasteiger partial charge in [-0.25, -0.2) is 4.68 Å². The number of nitrogens with one attached hydrogen (secondary N) is 1. The van der Waals surface area contributed by atoms with Crippen LogP contribution in [0, 0.1) is 26.2 Å². The molecule has 1 aromatic carbocycles. The fourth-order valence-corrected chi connectivity index (χ4v) is 4.06. The van der Waals surface area contributed by atoms with Crippen LogP contribution < -0.4 is 5.32 Å². The van der Waals surface area contributed by atoms with Crippen molar-refractivity contribution in [1.82, 2.24) is 14.8 Å². The van der Waals surface area contributed by atoms with Crippen LogP contribution >= 0.6 is 0 Å². The number of rotatable bonds is 1. The lowest BCUT2D eigenvalue weighted by Gasteiger charge is -2.38. The van der Waals surface area contributed by atoms with E-state index in [9.17, 15) is 4.79 Å². The van der Waals surface area contributed by atoms with Gasteiger partial charge in [-0.3, -0.25) is 4.79 Å². The monoisotopic (exact) mass is 336 g/mol. The van der Waals surface area contributed by atoms with E-state index in [4.69, 9.17) is 0 Å². The van der Waals surface area contributed by atoms with Crippen molar-refractivity contribution < 1.29 is 4.79 Å². The molecule has 0 saturated heterocycles. The van der Waals surface area contributed by atoms with Gasteiger partial charge in [0.1, 0.15) is 11.9 Å². The molecular weight excluding hydrogens is 312 g/mol. The van der Waals surface area contributed by atoms with Crippen molar-refractivity contribution in [3.8, 4) is 0 Å². The molecule has 1 aliphatic carbocycles. The second-order valence-electron chi connectivity index (χ2n) is 8.15. The molecule has 2 heterocycles. The molecule has 0 saturated carbocycles. The molecule has 130 valence electrons. The molecule has 0 amide bonds. The van der Waals surface area contributed by atoms with Crippen molar-refractivity contribution in [2.45, 2.75) is 53.5 Å². The third-order valence-corrected chi connectivity index (χ3v) is 5.17. The summed E-state index contributed by atoms with van der Waals surface area (Å²) < 4.78 is 1.88. The smallest absolute Gasteiger partial charge is 0.226 e. The maximum absolute atomic E-state index is 13.1. The van der Waals surface area contributed by atoms with Crippen LogP contribution in [0.1, 0.15) is 55.2 Å². The van der Waals surface area contributed by atoms with Crippen LogP contribution in [-0.4, -0.2) is 20.5 Å². The molecule has 5 nitrogen and oxygen atoms in total. The highest BCUT2D eigenvalue weighted by atomic mass is 16.1. The Kier molecular flexibility index (Phi) is 3.39. The minimum atomic E-state index is -0.198. The summed E-state index contributed by atoms with van der Waals surface area (Å²) in [6.07, 6.45) is 1.42. The van der Waals surface area contributed by atoms with Gasteiger partial charge in [0.2, 0.25) is 5.95 Å². The molecule has 2 aromatic rings. The lowest BCUT2D eigenvalue weighted by molar-refractivity contribution is -0.118. The third-order valence-electron chi connectivity index (χ3n) is 5.17. The highest BCUT2D eigenvalue weighted by Crippen LogP contribution is 2.45. The number of benzene rings is 1. The minimum Gasteiger partial charge on any atom is -0.328 e. The molecular formula is C20H24N4O. The number of hydrogen-bond acceptors (Lipinski definition) is 4. The van der Waals surface area contributed by atoms with Crippen LogP contribution in [0.15, 0.2) is 29.5 Å². The summed E-state index contributed by atoms with van der Waals surface area (Å²) in [5.41, 5.74) is 5.31. The number of aromatic nitrogens is 3. The van der Waals surface area contributed by atoms with Gasteiger partial charge in [0, 0.05) is 17.7 Å². The molecule has 1 aliphatic heterocycles. The second-order valence-corrected chi connectivity index (χ2v) is 8.15. The first-order valence-electron chi connectivity index (χ1n) is 8.79. The predicted octanol–water partition coefficient (Wildman–Crippen LogP) is 3.86. The summed E-state index contributed by atoms with van der Waals surface area (Å²) in [5.74, 6) is 1.65. The zero-order chi connectivity index (χ0) is 17.9. The minimum absolute atomic E-state index is 0.0354. The molecule has 0 bridgehead atoms. The molecule has 0 radical (unpaired) electrons. The number of allylic oxidation sites excluding steroid dienone is 2. The van der Waals surface area contributed by atoms with Crippen molar-refractivity contribution in [1.29, 1.82) is 0 Å². The van der Waals surface area contributed by atoms with Gasteiger partial charge in [-0.05, 0) is 43.7 Å².